The summed E-state index contributed by atoms with van der Waals surface area (Å²) in [4.78, 5) is 20.0. The van der Waals surface area contributed by atoms with Crippen LogP contribution in [0.15, 0.2) is 85.1 Å². The molecule has 35 heavy (non-hydrogen) atoms. The zero-order chi connectivity index (χ0) is 24.0. The van der Waals surface area contributed by atoms with Gasteiger partial charge in [-0.2, -0.15) is 9.97 Å². The smallest absolute Gasteiger partial charge is 0.229 e. The average molecular weight is 467 g/mol. The summed E-state index contributed by atoms with van der Waals surface area (Å²) in [5.41, 5.74) is 3.58. The second kappa shape index (κ2) is 10.5. The number of hydrogen-bond donors (Lipinski definition) is 2. The molecular weight excluding hydrogens is 434 g/mol. The lowest BCUT2D eigenvalue weighted by Crippen LogP contribution is -3.10. The number of piperazine rings is 1. The SMILES string of the molecule is CN(C)c1cc(Nc2ccccc2Cc2ccccc2)nc(N2CC[NH+](c3ccccn3)CC2)n1. The Morgan fingerprint density at radius 1 is 0.886 bits per heavy atom. The molecular formula is C28H32N7+. The summed E-state index contributed by atoms with van der Waals surface area (Å²) in [5, 5.41) is 3.58. The van der Waals surface area contributed by atoms with E-state index < -0.39 is 0 Å². The number of aromatic nitrogens is 3. The van der Waals surface area contributed by atoms with Crippen molar-refractivity contribution in [2.45, 2.75) is 6.42 Å². The van der Waals surface area contributed by atoms with E-state index in [4.69, 9.17) is 9.97 Å². The third-order valence-electron chi connectivity index (χ3n) is 6.35. The van der Waals surface area contributed by atoms with Crippen molar-refractivity contribution in [3.05, 3.63) is 96.2 Å². The summed E-state index contributed by atoms with van der Waals surface area (Å²) in [6.07, 6.45) is 2.73. The van der Waals surface area contributed by atoms with Gasteiger partial charge in [0.05, 0.1) is 13.1 Å². The van der Waals surface area contributed by atoms with Crippen molar-refractivity contribution in [1.82, 2.24) is 15.0 Å². The van der Waals surface area contributed by atoms with Crippen molar-refractivity contribution in [3.63, 3.8) is 0 Å². The molecule has 0 radical (unpaired) electrons. The van der Waals surface area contributed by atoms with Crippen molar-refractivity contribution in [2.75, 3.05) is 55.4 Å². The van der Waals surface area contributed by atoms with Crippen LogP contribution in [0.5, 0.6) is 0 Å². The first kappa shape index (κ1) is 22.8. The molecule has 1 fully saturated rings. The maximum atomic E-state index is 4.93. The minimum absolute atomic E-state index is 0.763. The fourth-order valence-electron chi connectivity index (χ4n) is 4.41. The van der Waals surface area contributed by atoms with Crippen LogP contribution in [0.4, 0.5) is 29.1 Å². The number of quaternary nitrogens is 1. The van der Waals surface area contributed by atoms with Gasteiger partial charge in [0.15, 0.2) is 0 Å². The molecule has 1 aliphatic rings. The van der Waals surface area contributed by atoms with E-state index in [2.05, 4.69) is 81.9 Å². The van der Waals surface area contributed by atoms with Crippen molar-refractivity contribution in [2.24, 2.45) is 0 Å². The van der Waals surface area contributed by atoms with E-state index in [-0.39, 0.29) is 0 Å². The van der Waals surface area contributed by atoms with Gasteiger partial charge in [-0.3, -0.25) is 4.90 Å². The highest BCUT2D eigenvalue weighted by Crippen LogP contribution is 2.26. The molecule has 3 heterocycles. The van der Waals surface area contributed by atoms with Crippen molar-refractivity contribution in [3.8, 4) is 0 Å². The third kappa shape index (κ3) is 5.58. The van der Waals surface area contributed by atoms with Gasteiger partial charge in [0.25, 0.3) is 0 Å². The van der Waals surface area contributed by atoms with Gasteiger partial charge >= 0.3 is 0 Å². The van der Waals surface area contributed by atoms with Crippen molar-refractivity contribution in [1.29, 1.82) is 0 Å². The number of pyridine rings is 1. The zero-order valence-electron chi connectivity index (χ0n) is 20.4. The first-order valence-electron chi connectivity index (χ1n) is 12.1. The summed E-state index contributed by atoms with van der Waals surface area (Å²) in [5.74, 6) is 3.56. The molecule has 2 aromatic heterocycles. The molecule has 7 nitrogen and oxygen atoms in total. The number of nitrogens with one attached hydrogen (secondary N) is 2. The van der Waals surface area contributed by atoms with Crippen LogP contribution in [0.2, 0.25) is 0 Å². The number of para-hydroxylation sites is 1. The highest BCUT2D eigenvalue weighted by atomic mass is 15.3. The van der Waals surface area contributed by atoms with E-state index >= 15 is 0 Å². The Labute approximate surface area is 207 Å². The molecule has 178 valence electrons. The van der Waals surface area contributed by atoms with E-state index in [1.54, 1.807) is 0 Å². The van der Waals surface area contributed by atoms with Gasteiger partial charge in [-0.05, 0) is 29.7 Å². The van der Waals surface area contributed by atoms with Crippen LogP contribution >= 0.6 is 0 Å². The van der Waals surface area contributed by atoms with Gasteiger partial charge in [-0.1, -0.05) is 54.6 Å². The van der Waals surface area contributed by atoms with E-state index in [9.17, 15) is 0 Å². The lowest BCUT2D eigenvalue weighted by molar-refractivity contribution is -0.836. The van der Waals surface area contributed by atoms with Crippen molar-refractivity contribution < 1.29 is 4.90 Å². The Bertz CT molecular complexity index is 1240. The number of benzene rings is 2. The molecule has 2 aromatic carbocycles. The molecule has 0 bridgehead atoms. The molecule has 0 spiro atoms. The van der Waals surface area contributed by atoms with Crippen LogP contribution < -0.4 is 20.0 Å². The van der Waals surface area contributed by atoms with Crippen LogP contribution in [0.25, 0.3) is 0 Å². The Morgan fingerprint density at radius 2 is 1.63 bits per heavy atom. The molecule has 4 aromatic rings. The topological polar surface area (TPSA) is 61.6 Å². The summed E-state index contributed by atoms with van der Waals surface area (Å²) >= 11 is 0. The van der Waals surface area contributed by atoms with Crippen LogP contribution in [-0.4, -0.2) is 55.2 Å². The van der Waals surface area contributed by atoms with Gasteiger partial charge in [0.1, 0.15) is 24.7 Å². The zero-order valence-corrected chi connectivity index (χ0v) is 20.4. The number of nitrogens with zero attached hydrogens (tertiary/aromatic N) is 5. The molecule has 0 unspecified atom stereocenters. The molecule has 7 heteroatoms. The lowest BCUT2D eigenvalue weighted by atomic mass is 10.0. The predicted octanol–water partition coefficient (Wildman–Crippen LogP) is 3.31. The fraction of sp³-hybridized carbons (Fsp3) is 0.250. The van der Waals surface area contributed by atoms with E-state index in [0.29, 0.717) is 0 Å². The first-order valence-corrected chi connectivity index (χ1v) is 12.1. The molecule has 0 atom stereocenters. The molecule has 1 aliphatic heterocycles. The normalized spacial score (nSPS) is 14.1. The average Bonchev–Trinajstić information content (AvgIpc) is 2.91. The molecule has 5 rings (SSSR count). The van der Waals surface area contributed by atoms with Gasteiger partial charge in [0.2, 0.25) is 11.8 Å². The molecule has 2 N–H and O–H groups in total. The maximum Gasteiger partial charge on any atom is 0.229 e. The predicted molar refractivity (Wildman–Crippen MR) is 142 cm³/mol. The minimum Gasteiger partial charge on any atom is -0.363 e. The monoisotopic (exact) mass is 466 g/mol. The van der Waals surface area contributed by atoms with Crippen molar-refractivity contribution >= 4 is 29.1 Å². The summed E-state index contributed by atoms with van der Waals surface area (Å²) < 4.78 is 0. The Kier molecular flexibility index (Phi) is 6.86. The summed E-state index contributed by atoms with van der Waals surface area (Å²) in [7, 11) is 4.03. The molecule has 0 aliphatic carbocycles. The Hall–Kier alpha value is -3.97. The van der Waals surface area contributed by atoms with Crippen LogP contribution in [0, 0.1) is 0 Å². The highest BCUT2D eigenvalue weighted by molar-refractivity contribution is 5.65. The van der Waals surface area contributed by atoms with Crippen LogP contribution in [-0.2, 0) is 6.42 Å². The van der Waals surface area contributed by atoms with E-state index in [1.807, 2.05) is 37.3 Å². The van der Waals surface area contributed by atoms with E-state index in [1.165, 1.54) is 16.0 Å². The number of anilines is 4. The van der Waals surface area contributed by atoms with Gasteiger partial charge in [0, 0.05) is 38.1 Å². The van der Waals surface area contributed by atoms with Crippen LogP contribution in [0.1, 0.15) is 11.1 Å². The first-order chi connectivity index (χ1) is 17.2. The largest absolute Gasteiger partial charge is 0.363 e. The molecule has 0 amide bonds. The number of hydrogen-bond acceptors (Lipinski definition) is 6. The third-order valence-corrected chi connectivity index (χ3v) is 6.35. The van der Waals surface area contributed by atoms with E-state index in [0.717, 1.165) is 61.7 Å². The van der Waals surface area contributed by atoms with Gasteiger partial charge < -0.3 is 15.1 Å². The Balaban J connectivity index is 1.36. The lowest BCUT2D eigenvalue weighted by Gasteiger charge is -2.32. The van der Waals surface area contributed by atoms with Crippen LogP contribution in [0.3, 0.4) is 0 Å². The highest BCUT2D eigenvalue weighted by Gasteiger charge is 2.25. The summed E-state index contributed by atoms with van der Waals surface area (Å²) in [6, 6.07) is 27.1. The number of rotatable bonds is 7. The fourth-order valence-corrected chi connectivity index (χ4v) is 4.41. The minimum atomic E-state index is 0.763. The summed E-state index contributed by atoms with van der Waals surface area (Å²) in [6.45, 7) is 3.70. The van der Waals surface area contributed by atoms with Gasteiger partial charge in [-0.15, -0.1) is 0 Å². The van der Waals surface area contributed by atoms with Gasteiger partial charge in [-0.25, -0.2) is 4.98 Å². The molecule has 0 saturated carbocycles. The maximum absolute atomic E-state index is 4.93. The molecule has 1 saturated heterocycles. The second-order valence-corrected chi connectivity index (χ2v) is 9.06. The Morgan fingerprint density at radius 3 is 2.37 bits per heavy atom. The quantitative estimate of drug-likeness (QED) is 0.436. The second-order valence-electron chi connectivity index (χ2n) is 9.06. The standard InChI is InChI=1S/C28H31N7/c1-33(2)27-21-25(30-24-13-7-6-12-23(24)20-22-10-4-3-5-11-22)31-28(32-27)35-18-16-34(17-19-35)26-14-8-9-15-29-26/h3-15,21H,16-20H2,1-2H3,(H,30,31,32)/p+1.